The van der Waals surface area contributed by atoms with Crippen LogP contribution in [0.2, 0.25) is 0 Å². The van der Waals surface area contributed by atoms with E-state index in [0.29, 0.717) is 17.0 Å². The Morgan fingerprint density at radius 2 is 1.87 bits per heavy atom. The highest BCUT2D eigenvalue weighted by atomic mass is 79.9. The number of fused-ring (bicyclic) bond motifs is 1. The second kappa shape index (κ2) is 5.27. The van der Waals surface area contributed by atoms with Gasteiger partial charge in [0, 0.05) is 22.4 Å². The van der Waals surface area contributed by atoms with Gasteiger partial charge in [0.05, 0.1) is 5.69 Å². The van der Waals surface area contributed by atoms with Crippen LogP contribution in [0.25, 0.3) is 0 Å². The lowest BCUT2D eigenvalue weighted by Crippen LogP contribution is -2.33. The molecule has 0 aliphatic carbocycles. The maximum absolute atomic E-state index is 12.8. The number of carbonyl (C=O) groups excluding carboxylic acids is 2. The minimum atomic E-state index is -0.902. The maximum atomic E-state index is 12.8. The summed E-state index contributed by atoms with van der Waals surface area (Å²) in [4.78, 5) is 35.7. The molecule has 0 N–H and O–H groups in total. The molecule has 0 unspecified atom stereocenters. The van der Waals surface area contributed by atoms with Gasteiger partial charge >= 0.3 is 0 Å². The fourth-order valence-electron chi connectivity index (χ4n) is 2.77. The highest BCUT2D eigenvalue weighted by Gasteiger charge is 2.56. The lowest BCUT2D eigenvalue weighted by Gasteiger charge is -2.15. The Kier molecular flexibility index (Phi) is 3.23. The SMILES string of the molecule is O=C1[C@H]2C(c3cccnc3)=NO[C@H]2C(=O)N1c1ccc(Br)cc1. The van der Waals surface area contributed by atoms with E-state index in [9.17, 15) is 9.59 Å². The first-order valence-electron chi connectivity index (χ1n) is 6.94. The molecular formula is C16H10BrN3O3. The number of imide groups is 1. The van der Waals surface area contributed by atoms with Crippen LogP contribution in [-0.4, -0.2) is 28.6 Å². The van der Waals surface area contributed by atoms with E-state index in [4.69, 9.17) is 4.84 Å². The van der Waals surface area contributed by atoms with Crippen molar-refractivity contribution in [1.82, 2.24) is 4.98 Å². The fraction of sp³-hybridized carbons (Fsp3) is 0.125. The summed E-state index contributed by atoms with van der Waals surface area (Å²) in [5.41, 5.74) is 1.65. The molecule has 2 atom stereocenters. The van der Waals surface area contributed by atoms with Gasteiger partial charge in [-0.1, -0.05) is 21.1 Å². The minimum absolute atomic E-state index is 0.331. The Hall–Kier alpha value is -2.54. The summed E-state index contributed by atoms with van der Waals surface area (Å²) in [6.45, 7) is 0. The van der Waals surface area contributed by atoms with Crippen molar-refractivity contribution in [2.75, 3.05) is 4.90 Å². The Labute approximate surface area is 139 Å². The molecule has 1 aromatic heterocycles. The van der Waals surface area contributed by atoms with Crippen LogP contribution in [0.15, 0.2) is 58.4 Å². The Morgan fingerprint density at radius 1 is 1.09 bits per heavy atom. The quantitative estimate of drug-likeness (QED) is 0.758. The number of aromatic nitrogens is 1. The first-order chi connectivity index (χ1) is 11.2. The van der Waals surface area contributed by atoms with E-state index in [1.807, 2.05) is 0 Å². The molecule has 2 aliphatic heterocycles. The minimum Gasteiger partial charge on any atom is -0.381 e. The summed E-state index contributed by atoms with van der Waals surface area (Å²) >= 11 is 3.33. The van der Waals surface area contributed by atoms with Gasteiger partial charge in [0.25, 0.3) is 5.91 Å². The van der Waals surface area contributed by atoms with Gasteiger partial charge in [-0.15, -0.1) is 0 Å². The van der Waals surface area contributed by atoms with Crippen molar-refractivity contribution >= 4 is 39.1 Å². The van der Waals surface area contributed by atoms with Gasteiger partial charge in [-0.25, -0.2) is 4.90 Å². The van der Waals surface area contributed by atoms with E-state index in [2.05, 4.69) is 26.1 Å². The van der Waals surface area contributed by atoms with Crippen molar-refractivity contribution in [3.63, 3.8) is 0 Å². The van der Waals surface area contributed by atoms with Crippen molar-refractivity contribution in [1.29, 1.82) is 0 Å². The van der Waals surface area contributed by atoms with Gasteiger partial charge < -0.3 is 4.84 Å². The molecule has 23 heavy (non-hydrogen) atoms. The molecule has 7 heteroatoms. The number of hydrogen-bond acceptors (Lipinski definition) is 5. The number of carbonyl (C=O) groups is 2. The third-order valence-corrected chi connectivity index (χ3v) is 4.38. The zero-order chi connectivity index (χ0) is 16.0. The predicted molar refractivity (Wildman–Crippen MR) is 85.8 cm³/mol. The number of anilines is 1. The van der Waals surface area contributed by atoms with E-state index >= 15 is 0 Å². The molecule has 2 aliphatic rings. The standard InChI is InChI=1S/C16H10BrN3O3/c17-10-3-5-11(6-4-10)20-15(21)12-13(9-2-1-7-18-8-9)19-23-14(12)16(20)22/h1-8,12,14H/t12-,14+/m0/s1. The van der Waals surface area contributed by atoms with Crippen molar-refractivity contribution < 1.29 is 14.4 Å². The van der Waals surface area contributed by atoms with Gasteiger partial charge in [-0.2, -0.15) is 0 Å². The molecule has 1 saturated heterocycles. The lowest BCUT2D eigenvalue weighted by molar-refractivity contribution is -0.126. The topological polar surface area (TPSA) is 71.9 Å². The van der Waals surface area contributed by atoms with Crippen molar-refractivity contribution in [2.24, 2.45) is 11.1 Å². The van der Waals surface area contributed by atoms with Gasteiger partial charge in [-0.3, -0.25) is 14.6 Å². The number of hydrogen-bond donors (Lipinski definition) is 0. The first-order valence-corrected chi connectivity index (χ1v) is 7.73. The smallest absolute Gasteiger partial charge is 0.278 e. The molecule has 2 aromatic rings. The molecule has 3 heterocycles. The number of nitrogens with zero attached hydrogens (tertiary/aromatic N) is 3. The van der Waals surface area contributed by atoms with E-state index in [1.54, 1.807) is 48.8 Å². The molecule has 1 aromatic carbocycles. The monoisotopic (exact) mass is 371 g/mol. The molecular weight excluding hydrogens is 362 g/mol. The summed E-state index contributed by atoms with van der Waals surface area (Å²) in [7, 11) is 0. The molecule has 0 bridgehead atoms. The Bertz CT molecular complexity index is 820. The van der Waals surface area contributed by atoms with Crippen LogP contribution in [0, 0.1) is 5.92 Å². The summed E-state index contributed by atoms with van der Waals surface area (Å²) in [6.07, 6.45) is 2.33. The maximum Gasteiger partial charge on any atom is 0.278 e. The van der Waals surface area contributed by atoms with E-state index in [-0.39, 0.29) is 5.91 Å². The van der Waals surface area contributed by atoms with Crippen molar-refractivity contribution in [3.8, 4) is 0 Å². The fourth-order valence-corrected chi connectivity index (χ4v) is 3.04. The van der Waals surface area contributed by atoms with Crippen LogP contribution in [0.1, 0.15) is 5.56 Å². The third kappa shape index (κ3) is 2.16. The number of benzene rings is 1. The van der Waals surface area contributed by atoms with Crippen LogP contribution >= 0.6 is 15.9 Å². The molecule has 0 radical (unpaired) electrons. The molecule has 2 amide bonds. The molecule has 0 saturated carbocycles. The van der Waals surface area contributed by atoms with Crippen LogP contribution in [0.5, 0.6) is 0 Å². The lowest BCUT2D eigenvalue weighted by atomic mass is 9.95. The van der Waals surface area contributed by atoms with Gasteiger partial charge in [-0.05, 0) is 36.4 Å². The van der Waals surface area contributed by atoms with Crippen LogP contribution < -0.4 is 4.90 Å². The van der Waals surface area contributed by atoms with Gasteiger partial charge in [0.2, 0.25) is 12.0 Å². The normalized spacial score (nSPS) is 22.8. The average molecular weight is 372 g/mol. The van der Waals surface area contributed by atoms with Crippen LogP contribution in [0.4, 0.5) is 5.69 Å². The molecule has 1 fully saturated rings. The number of amides is 2. The van der Waals surface area contributed by atoms with E-state index < -0.39 is 17.9 Å². The summed E-state index contributed by atoms with van der Waals surface area (Å²) in [5, 5.41) is 3.93. The summed E-state index contributed by atoms with van der Waals surface area (Å²) in [5.74, 6) is -1.46. The molecule has 6 nitrogen and oxygen atoms in total. The average Bonchev–Trinajstić information content (AvgIpc) is 3.11. The highest BCUT2D eigenvalue weighted by Crippen LogP contribution is 2.35. The molecule has 114 valence electrons. The highest BCUT2D eigenvalue weighted by molar-refractivity contribution is 9.10. The number of rotatable bonds is 2. The van der Waals surface area contributed by atoms with Crippen LogP contribution in [0.3, 0.4) is 0 Å². The second-order valence-corrected chi connectivity index (χ2v) is 6.13. The number of pyridine rings is 1. The second-order valence-electron chi connectivity index (χ2n) is 5.21. The van der Waals surface area contributed by atoms with E-state index in [1.165, 1.54) is 0 Å². The zero-order valence-electron chi connectivity index (χ0n) is 11.7. The van der Waals surface area contributed by atoms with E-state index in [0.717, 1.165) is 9.37 Å². The number of oxime groups is 1. The van der Waals surface area contributed by atoms with Gasteiger partial charge in [0.1, 0.15) is 11.6 Å². The van der Waals surface area contributed by atoms with Crippen LogP contribution in [-0.2, 0) is 14.4 Å². The molecule has 0 spiro atoms. The summed E-state index contributed by atoms with van der Waals surface area (Å²) in [6, 6.07) is 10.5. The first kappa shape index (κ1) is 14.1. The molecule has 4 rings (SSSR count). The van der Waals surface area contributed by atoms with Gasteiger partial charge in [0.15, 0.2) is 0 Å². The number of halogens is 1. The third-order valence-electron chi connectivity index (χ3n) is 3.85. The van der Waals surface area contributed by atoms with Crippen molar-refractivity contribution in [3.05, 3.63) is 58.8 Å². The zero-order valence-corrected chi connectivity index (χ0v) is 13.3. The Morgan fingerprint density at radius 3 is 2.57 bits per heavy atom. The largest absolute Gasteiger partial charge is 0.381 e. The summed E-state index contributed by atoms with van der Waals surface area (Å²) < 4.78 is 0.870. The predicted octanol–water partition coefficient (Wildman–Crippen LogP) is 2.14. The Balaban J connectivity index is 1.71. The van der Waals surface area contributed by atoms with Crippen molar-refractivity contribution in [2.45, 2.75) is 6.10 Å².